The van der Waals surface area contributed by atoms with Gasteiger partial charge in [-0.15, -0.1) is 0 Å². The molecule has 3 aromatic carbocycles. The van der Waals surface area contributed by atoms with Gasteiger partial charge < -0.3 is 14.8 Å². The maximum Gasteiger partial charge on any atom is 0.225 e. The van der Waals surface area contributed by atoms with Crippen molar-refractivity contribution in [2.75, 3.05) is 27.3 Å². The topological polar surface area (TPSA) is 50.8 Å². The Balaban J connectivity index is 1.38. The molecule has 0 unspecified atom stereocenters. The molecular weight excluding hydrogens is 388 g/mol. The van der Waals surface area contributed by atoms with Crippen LogP contribution in [-0.4, -0.2) is 38.1 Å². The van der Waals surface area contributed by atoms with Gasteiger partial charge in [-0.25, -0.2) is 0 Å². The fourth-order valence-electron chi connectivity index (χ4n) is 4.10. The molecule has 0 aromatic heterocycles. The van der Waals surface area contributed by atoms with Crippen LogP contribution < -0.4 is 14.8 Å². The molecule has 0 radical (unpaired) electrons. The van der Waals surface area contributed by atoms with Crippen molar-refractivity contribution in [1.29, 1.82) is 0 Å². The average molecular weight is 417 g/mol. The Labute approximate surface area is 183 Å². The third kappa shape index (κ3) is 4.72. The van der Waals surface area contributed by atoms with E-state index < -0.39 is 0 Å². The van der Waals surface area contributed by atoms with Gasteiger partial charge in [-0.3, -0.25) is 9.69 Å². The van der Waals surface area contributed by atoms with Gasteiger partial charge in [0.2, 0.25) is 5.91 Å². The van der Waals surface area contributed by atoms with Crippen molar-refractivity contribution in [2.24, 2.45) is 5.92 Å². The van der Waals surface area contributed by atoms with Gasteiger partial charge in [-0.05, 0) is 28.8 Å². The minimum Gasteiger partial charge on any atom is -0.493 e. The molecule has 0 bridgehead atoms. The monoisotopic (exact) mass is 416 g/mol. The minimum atomic E-state index is -0.00457. The fraction of sp³-hybridized carbons (Fsp3) is 0.269. The number of likely N-dealkylation sites (tertiary alicyclic amines) is 1. The van der Waals surface area contributed by atoms with Crippen molar-refractivity contribution in [3.63, 3.8) is 0 Å². The molecule has 1 amide bonds. The molecule has 160 valence electrons. The molecule has 0 aliphatic carbocycles. The first-order valence-electron chi connectivity index (χ1n) is 10.5. The highest BCUT2D eigenvalue weighted by Gasteiger charge is 2.37. The SMILES string of the molecule is COc1ccc(CNC(=O)C2CN(C(c3ccccc3)c3ccccc3)C2)cc1OC. The lowest BCUT2D eigenvalue weighted by molar-refractivity contribution is -0.131. The van der Waals surface area contributed by atoms with Crippen LogP contribution in [0.5, 0.6) is 11.5 Å². The predicted molar refractivity (Wildman–Crippen MR) is 121 cm³/mol. The first-order chi connectivity index (χ1) is 15.2. The molecule has 1 saturated heterocycles. The lowest BCUT2D eigenvalue weighted by atomic mass is 9.90. The zero-order valence-electron chi connectivity index (χ0n) is 18.0. The average Bonchev–Trinajstić information content (AvgIpc) is 2.80. The Morgan fingerprint density at radius 3 is 2.03 bits per heavy atom. The van der Waals surface area contributed by atoms with E-state index in [2.05, 4.69) is 58.7 Å². The molecule has 0 spiro atoms. The normalized spacial score (nSPS) is 14.2. The Morgan fingerprint density at radius 1 is 0.903 bits per heavy atom. The van der Waals surface area contributed by atoms with Crippen molar-refractivity contribution in [3.05, 3.63) is 95.6 Å². The standard InChI is InChI=1S/C26H28N2O3/c1-30-23-14-13-19(15-24(23)31-2)16-27-26(29)22-17-28(18-22)25(20-9-5-3-6-10-20)21-11-7-4-8-12-21/h3-15,22,25H,16-18H2,1-2H3,(H,27,29). The number of nitrogens with one attached hydrogen (secondary N) is 1. The second-order valence-electron chi connectivity index (χ2n) is 7.78. The van der Waals surface area contributed by atoms with E-state index in [-0.39, 0.29) is 17.9 Å². The zero-order chi connectivity index (χ0) is 21.6. The first kappa shape index (κ1) is 20.9. The second-order valence-corrected chi connectivity index (χ2v) is 7.78. The van der Waals surface area contributed by atoms with Gasteiger partial charge in [0.1, 0.15) is 0 Å². The summed E-state index contributed by atoms with van der Waals surface area (Å²) in [5.74, 6) is 1.43. The van der Waals surface area contributed by atoms with Gasteiger partial charge in [0.05, 0.1) is 26.2 Å². The van der Waals surface area contributed by atoms with Gasteiger partial charge in [0, 0.05) is 19.6 Å². The van der Waals surface area contributed by atoms with Crippen LogP contribution in [0.2, 0.25) is 0 Å². The third-order valence-corrected chi connectivity index (χ3v) is 5.79. The van der Waals surface area contributed by atoms with Crippen molar-refractivity contribution in [1.82, 2.24) is 10.2 Å². The van der Waals surface area contributed by atoms with Crippen molar-refractivity contribution < 1.29 is 14.3 Å². The van der Waals surface area contributed by atoms with Crippen LogP contribution in [0.25, 0.3) is 0 Å². The molecule has 3 aromatic rings. The third-order valence-electron chi connectivity index (χ3n) is 5.79. The predicted octanol–water partition coefficient (Wildman–Crippen LogP) is 4.04. The number of carbonyl (C=O) groups excluding carboxylic acids is 1. The van der Waals surface area contributed by atoms with E-state index in [0.717, 1.165) is 18.7 Å². The van der Waals surface area contributed by atoms with Gasteiger partial charge in [-0.1, -0.05) is 66.7 Å². The van der Waals surface area contributed by atoms with Crippen molar-refractivity contribution in [3.8, 4) is 11.5 Å². The van der Waals surface area contributed by atoms with E-state index in [1.165, 1.54) is 11.1 Å². The molecule has 1 aliphatic heterocycles. The molecule has 1 N–H and O–H groups in total. The summed E-state index contributed by atoms with van der Waals surface area (Å²) < 4.78 is 10.6. The number of ether oxygens (including phenoxy) is 2. The van der Waals surface area contributed by atoms with Crippen LogP contribution in [0.1, 0.15) is 22.7 Å². The summed E-state index contributed by atoms with van der Waals surface area (Å²) in [6.45, 7) is 1.95. The fourth-order valence-corrected chi connectivity index (χ4v) is 4.10. The smallest absolute Gasteiger partial charge is 0.225 e. The number of nitrogens with zero attached hydrogens (tertiary/aromatic N) is 1. The van der Waals surface area contributed by atoms with E-state index in [4.69, 9.17) is 9.47 Å². The number of carbonyl (C=O) groups is 1. The summed E-state index contributed by atoms with van der Waals surface area (Å²) in [6, 6.07) is 26.8. The van der Waals surface area contributed by atoms with E-state index >= 15 is 0 Å². The van der Waals surface area contributed by atoms with E-state index in [0.29, 0.717) is 18.0 Å². The number of methoxy groups -OCH3 is 2. The van der Waals surface area contributed by atoms with Gasteiger partial charge >= 0.3 is 0 Å². The van der Waals surface area contributed by atoms with Crippen LogP contribution in [-0.2, 0) is 11.3 Å². The minimum absolute atomic E-state index is 0.00457. The lowest BCUT2D eigenvalue weighted by Crippen LogP contribution is -2.54. The Hall–Kier alpha value is -3.31. The van der Waals surface area contributed by atoms with Crippen LogP contribution in [0.15, 0.2) is 78.9 Å². The number of amides is 1. The number of benzene rings is 3. The summed E-state index contributed by atoms with van der Waals surface area (Å²) in [7, 11) is 3.22. The Morgan fingerprint density at radius 2 is 1.48 bits per heavy atom. The first-order valence-corrected chi connectivity index (χ1v) is 10.5. The maximum absolute atomic E-state index is 12.7. The Kier molecular flexibility index (Phi) is 6.53. The molecular formula is C26H28N2O3. The summed E-state index contributed by atoms with van der Waals surface area (Å²) in [4.78, 5) is 15.1. The maximum atomic E-state index is 12.7. The molecule has 5 heteroatoms. The molecule has 1 fully saturated rings. The highest BCUT2D eigenvalue weighted by molar-refractivity contribution is 5.80. The highest BCUT2D eigenvalue weighted by atomic mass is 16.5. The number of rotatable bonds is 8. The van der Waals surface area contributed by atoms with Crippen LogP contribution in [0.4, 0.5) is 0 Å². The van der Waals surface area contributed by atoms with E-state index in [9.17, 15) is 4.79 Å². The molecule has 1 heterocycles. The van der Waals surface area contributed by atoms with Crippen LogP contribution >= 0.6 is 0 Å². The molecule has 4 rings (SSSR count). The molecule has 1 aliphatic rings. The summed E-state index contributed by atoms with van der Waals surface area (Å²) in [5.41, 5.74) is 3.48. The Bertz CT molecular complexity index is 962. The molecule has 5 nitrogen and oxygen atoms in total. The van der Waals surface area contributed by atoms with Crippen LogP contribution in [0, 0.1) is 5.92 Å². The molecule has 31 heavy (non-hydrogen) atoms. The summed E-state index contributed by atoms with van der Waals surface area (Å²) in [5, 5.41) is 3.07. The van der Waals surface area contributed by atoms with Crippen molar-refractivity contribution in [2.45, 2.75) is 12.6 Å². The number of hydrogen-bond donors (Lipinski definition) is 1. The lowest BCUT2D eigenvalue weighted by Gasteiger charge is -2.44. The molecule has 0 saturated carbocycles. The van der Waals surface area contributed by atoms with Crippen molar-refractivity contribution >= 4 is 5.91 Å². The highest BCUT2D eigenvalue weighted by Crippen LogP contribution is 2.34. The van der Waals surface area contributed by atoms with Gasteiger partial charge in [0.25, 0.3) is 0 Å². The van der Waals surface area contributed by atoms with Crippen LogP contribution in [0.3, 0.4) is 0 Å². The van der Waals surface area contributed by atoms with Gasteiger partial charge in [0.15, 0.2) is 11.5 Å². The van der Waals surface area contributed by atoms with E-state index in [1.807, 2.05) is 30.3 Å². The largest absolute Gasteiger partial charge is 0.493 e. The number of hydrogen-bond acceptors (Lipinski definition) is 4. The van der Waals surface area contributed by atoms with E-state index in [1.54, 1.807) is 14.2 Å². The second kappa shape index (κ2) is 9.67. The van der Waals surface area contributed by atoms with Gasteiger partial charge in [-0.2, -0.15) is 0 Å². The summed E-state index contributed by atoms with van der Waals surface area (Å²) >= 11 is 0. The summed E-state index contributed by atoms with van der Waals surface area (Å²) in [6.07, 6.45) is 0. The molecule has 0 atom stereocenters. The quantitative estimate of drug-likeness (QED) is 0.602. The zero-order valence-corrected chi connectivity index (χ0v) is 18.0.